The smallest absolute Gasteiger partial charge is 0.215 e. The zero-order valence-electron chi connectivity index (χ0n) is 12.3. The number of pyridine rings is 1. The molecule has 0 amide bonds. The summed E-state index contributed by atoms with van der Waals surface area (Å²) >= 11 is 1.72. The van der Waals surface area contributed by atoms with Gasteiger partial charge in [-0.1, -0.05) is 19.9 Å². The van der Waals surface area contributed by atoms with E-state index in [0.29, 0.717) is 17.7 Å². The Hall–Kier alpha value is -2.08. The molecule has 2 N–H and O–H groups in total. The number of fused-ring (bicyclic) bond motifs is 1. The van der Waals surface area contributed by atoms with E-state index in [1.165, 1.54) is 4.88 Å². The van der Waals surface area contributed by atoms with Crippen molar-refractivity contribution in [2.45, 2.75) is 19.9 Å². The lowest BCUT2D eigenvalue weighted by atomic mass is 10.0. The highest BCUT2D eigenvalue weighted by molar-refractivity contribution is 7.10. The van der Waals surface area contributed by atoms with Crippen molar-refractivity contribution in [2.24, 2.45) is 5.92 Å². The van der Waals surface area contributed by atoms with Crippen molar-refractivity contribution < 1.29 is 4.74 Å². The van der Waals surface area contributed by atoms with Gasteiger partial charge in [0.15, 0.2) is 5.65 Å². The lowest BCUT2D eigenvalue weighted by molar-refractivity contribution is 0.397. The maximum absolute atomic E-state index is 6.17. The molecular formula is C15H18N4OS. The SMILES string of the molecule is COc1ccc2nc(N)n(C(c3cccs3)C(C)C)c2n1. The topological polar surface area (TPSA) is 66.0 Å². The standard InChI is InChI=1S/C15H18N4OS/c1-9(2)13(11-5-4-8-21-11)19-14-10(17-15(19)16)6-7-12(18-14)20-3/h4-9,13H,1-3H3,(H2,16,17). The molecule has 0 aliphatic carbocycles. The summed E-state index contributed by atoms with van der Waals surface area (Å²) in [5.41, 5.74) is 7.72. The van der Waals surface area contributed by atoms with Crippen molar-refractivity contribution in [1.82, 2.24) is 14.5 Å². The first-order valence-corrected chi connectivity index (χ1v) is 7.71. The second-order valence-corrected chi connectivity index (χ2v) is 6.22. The molecule has 3 aromatic heterocycles. The second-order valence-electron chi connectivity index (χ2n) is 5.24. The van der Waals surface area contributed by atoms with Gasteiger partial charge >= 0.3 is 0 Å². The summed E-state index contributed by atoms with van der Waals surface area (Å²) in [4.78, 5) is 10.2. The fourth-order valence-electron chi connectivity index (χ4n) is 2.58. The third-order valence-electron chi connectivity index (χ3n) is 3.49. The molecule has 3 heterocycles. The van der Waals surface area contributed by atoms with Gasteiger partial charge in [0.2, 0.25) is 11.8 Å². The number of ether oxygens (including phenoxy) is 1. The fraction of sp³-hybridized carbons (Fsp3) is 0.333. The molecule has 0 fully saturated rings. The Labute approximate surface area is 127 Å². The number of nitrogen functional groups attached to an aromatic ring is 1. The van der Waals surface area contributed by atoms with E-state index in [0.717, 1.165) is 11.2 Å². The number of nitrogens with zero attached hydrogens (tertiary/aromatic N) is 3. The van der Waals surface area contributed by atoms with Crippen LogP contribution in [0.3, 0.4) is 0 Å². The molecule has 3 rings (SSSR count). The van der Waals surface area contributed by atoms with Crippen LogP contribution in [0.15, 0.2) is 29.6 Å². The van der Waals surface area contributed by atoms with E-state index in [1.54, 1.807) is 24.5 Å². The number of hydrogen-bond donors (Lipinski definition) is 1. The maximum Gasteiger partial charge on any atom is 0.215 e. The molecule has 0 aliphatic rings. The molecular weight excluding hydrogens is 284 g/mol. The third kappa shape index (κ3) is 2.35. The molecule has 3 aromatic rings. The Morgan fingerprint density at radius 1 is 1.24 bits per heavy atom. The van der Waals surface area contributed by atoms with Crippen LogP contribution in [-0.4, -0.2) is 21.6 Å². The van der Waals surface area contributed by atoms with Gasteiger partial charge in [0.05, 0.1) is 13.2 Å². The summed E-state index contributed by atoms with van der Waals surface area (Å²) in [6, 6.07) is 7.99. The van der Waals surface area contributed by atoms with Crippen molar-refractivity contribution in [3.05, 3.63) is 34.5 Å². The van der Waals surface area contributed by atoms with E-state index < -0.39 is 0 Å². The molecule has 0 aromatic carbocycles. The molecule has 6 heteroatoms. The van der Waals surface area contributed by atoms with Crippen LogP contribution in [0.1, 0.15) is 24.8 Å². The highest BCUT2D eigenvalue weighted by atomic mass is 32.1. The lowest BCUT2D eigenvalue weighted by Crippen LogP contribution is -2.18. The molecule has 5 nitrogen and oxygen atoms in total. The Morgan fingerprint density at radius 3 is 2.67 bits per heavy atom. The molecule has 0 spiro atoms. The van der Waals surface area contributed by atoms with E-state index in [4.69, 9.17) is 10.5 Å². The summed E-state index contributed by atoms with van der Waals surface area (Å²) in [5.74, 6) is 1.42. The number of thiophene rings is 1. The average Bonchev–Trinajstić information content (AvgIpc) is 3.07. The van der Waals surface area contributed by atoms with Gasteiger partial charge in [0, 0.05) is 10.9 Å². The first kappa shape index (κ1) is 13.9. The zero-order valence-corrected chi connectivity index (χ0v) is 13.1. The minimum absolute atomic E-state index is 0.120. The van der Waals surface area contributed by atoms with Crippen molar-refractivity contribution in [2.75, 3.05) is 12.8 Å². The summed E-state index contributed by atoms with van der Waals surface area (Å²) < 4.78 is 7.24. The first-order chi connectivity index (χ1) is 10.1. The van der Waals surface area contributed by atoms with Gasteiger partial charge in [0.25, 0.3) is 0 Å². The van der Waals surface area contributed by atoms with Crippen LogP contribution in [0, 0.1) is 5.92 Å². The molecule has 21 heavy (non-hydrogen) atoms. The van der Waals surface area contributed by atoms with Crippen LogP contribution >= 0.6 is 11.3 Å². The van der Waals surface area contributed by atoms with E-state index in [9.17, 15) is 0 Å². The number of hydrogen-bond acceptors (Lipinski definition) is 5. The summed E-state index contributed by atoms with van der Waals surface area (Å²) in [7, 11) is 1.61. The van der Waals surface area contributed by atoms with Crippen molar-refractivity contribution >= 4 is 28.4 Å². The monoisotopic (exact) mass is 302 g/mol. The number of methoxy groups -OCH3 is 1. The number of imidazole rings is 1. The molecule has 0 saturated heterocycles. The fourth-order valence-corrected chi connectivity index (χ4v) is 3.56. The summed E-state index contributed by atoms with van der Waals surface area (Å²) in [6.45, 7) is 4.35. The third-order valence-corrected chi connectivity index (χ3v) is 4.44. The van der Waals surface area contributed by atoms with E-state index in [2.05, 4.69) is 41.3 Å². The Balaban J connectivity index is 2.23. The molecule has 0 radical (unpaired) electrons. The van der Waals surface area contributed by atoms with Crippen LogP contribution < -0.4 is 10.5 Å². The quantitative estimate of drug-likeness (QED) is 0.803. The average molecular weight is 302 g/mol. The predicted molar refractivity (Wildman–Crippen MR) is 85.8 cm³/mol. The molecule has 0 bridgehead atoms. The van der Waals surface area contributed by atoms with Crippen LogP contribution in [0.4, 0.5) is 5.95 Å². The Morgan fingerprint density at radius 2 is 2.05 bits per heavy atom. The van der Waals surface area contributed by atoms with Crippen LogP contribution in [0.25, 0.3) is 11.2 Å². The first-order valence-electron chi connectivity index (χ1n) is 6.83. The minimum Gasteiger partial charge on any atom is -0.481 e. The highest BCUT2D eigenvalue weighted by Gasteiger charge is 2.24. The highest BCUT2D eigenvalue weighted by Crippen LogP contribution is 2.34. The van der Waals surface area contributed by atoms with Crippen LogP contribution in [0.2, 0.25) is 0 Å². The Bertz CT molecular complexity index is 748. The Kier molecular flexibility index (Phi) is 3.55. The van der Waals surface area contributed by atoms with Gasteiger partial charge in [-0.2, -0.15) is 4.98 Å². The van der Waals surface area contributed by atoms with Gasteiger partial charge in [-0.15, -0.1) is 11.3 Å². The van der Waals surface area contributed by atoms with Gasteiger partial charge < -0.3 is 10.5 Å². The zero-order chi connectivity index (χ0) is 15.0. The van der Waals surface area contributed by atoms with Crippen molar-refractivity contribution in [3.8, 4) is 5.88 Å². The molecule has 1 unspecified atom stereocenters. The van der Waals surface area contributed by atoms with E-state index >= 15 is 0 Å². The van der Waals surface area contributed by atoms with Crippen molar-refractivity contribution in [3.63, 3.8) is 0 Å². The number of rotatable bonds is 4. The van der Waals surface area contributed by atoms with Crippen LogP contribution in [0.5, 0.6) is 5.88 Å². The van der Waals surface area contributed by atoms with Gasteiger partial charge in [-0.3, -0.25) is 4.57 Å². The number of nitrogens with two attached hydrogens (primary N) is 1. The minimum atomic E-state index is 0.120. The molecule has 0 aliphatic heterocycles. The molecule has 110 valence electrons. The number of anilines is 1. The maximum atomic E-state index is 6.17. The van der Waals surface area contributed by atoms with Gasteiger partial charge in [-0.05, 0) is 23.4 Å². The second kappa shape index (κ2) is 5.37. The number of aromatic nitrogens is 3. The lowest BCUT2D eigenvalue weighted by Gasteiger charge is -2.22. The van der Waals surface area contributed by atoms with Crippen molar-refractivity contribution in [1.29, 1.82) is 0 Å². The normalized spacial score (nSPS) is 13.0. The molecule has 0 saturated carbocycles. The largest absolute Gasteiger partial charge is 0.481 e. The van der Waals surface area contributed by atoms with E-state index in [1.807, 2.05) is 10.6 Å². The molecule has 1 atom stereocenters. The van der Waals surface area contributed by atoms with Crippen LogP contribution in [-0.2, 0) is 0 Å². The van der Waals surface area contributed by atoms with Gasteiger partial charge in [-0.25, -0.2) is 4.98 Å². The summed E-state index contributed by atoms with van der Waals surface area (Å²) in [5, 5.41) is 2.08. The summed E-state index contributed by atoms with van der Waals surface area (Å²) in [6.07, 6.45) is 0. The van der Waals surface area contributed by atoms with Gasteiger partial charge in [0.1, 0.15) is 5.52 Å². The van der Waals surface area contributed by atoms with E-state index in [-0.39, 0.29) is 6.04 Å². The predicted octanol–water partition coefficient (Wildman–Crippen LogP) is 3.33.